The van der Waals surface area contributed by atoms with E-state index in [2.05, 4.69) is 15.3 Å². The molecule has 0 saturated carbocycles. The van der Waals surface area contributed by atoms with Gasteiger partial charge >= 0.3 is 18.1 Å². The number of aliphatic carboxylic acids is 2. The maximum Gasteiger partial charge on any atom is 0.490 e. The van der Waals surface area contributed by atoms with Crippen LogP contribution in [-0.4, -0.2) is 63.2 Å². The van der Waals surface area contributed by atoms with Crippen molar-refractivity contribution in [3.05, 3.63) is 64.4 Å². The Bertz CT molecular complexity index is 1330. The molecule has 0 aliphatic heterocycles. The SMILES string of the molecule is Cc1nc(-c2ccncc2)sc1C(=O)NCCOc1cc(C(=N)N)ccc1CCC(=O)O.O=C(O)C(F)(F)F. The van der Waals surface area contributed by atoms with Gasteiger partial charge in [0.25, 0.3) is 5.91 Å². The molecule has 1 aromatic carbocycles. The fourth-order valence-corrected chi connectivity index (χ4v) is 3.92. The molecule has 2 heterocycles. The standard InChI is InChI=1S/C22H23N5O4S.C2HF3O2/c1-13-19(32-22(27-13)15-6-8-25-9-7-15)21(30)26-10-11-31-17-12-16(20(23)24)3-2-14(17)4-5-18(28)29;3-2(4,5)1(6)7/h2-3,6-9,12H,4-5,10-11H2,1H3,(H3,23,24)(H,26,30)(H,28,29);(H,6,7). The molecule has 0 saturated heterocycles. The average Bonchev–Trinajstić information content (AvgIpc) is 3.27. The summed E-state index contributed by atoms with van der Waals surface area (Å²) in [6.45, 7) is 2.19. The van der Waals surface area contributed by atoms with Gasteiger partial charge in [0.15, 0.2) is 0 Å². The number of aryl methyl sites for hydroxylation is 2. The summed E-state index contributed by atoms with van der Waals surface area (Å²) in [4.78, 5) is 41.4. The fourth-order valence-electron chi connectivity index (χ4n) is 2.94. The number of aromatic nitrogens is 2. The van der Waals surface area contributed by atoms with E-state index in [1.165, 1.54) is 11.3 Å². The van der Waals surface area contributed by atoms with Crippen molar-refractivity contribution in [3.8, 4) is 16.3 Å². The Morgan fingerprint density at radius 1 is 1.15 bits per heavy atom. The van der Waals surface area contributed by atoms with Crippen molar-refractivity contribution >= 4 is 35.0 Å². The molecular weight excluding hydrogens is 543 g/mol. The van der Waals surface area contributed by atoms with Crippen LogP contribution >= 0.6 is 11.3 Å². The Morgan fingerprint density at radius 3 is 2.36 bits per heavy atom. The number of carboxylic acids is 2. The summed E-state index contributed by atoms with van der Waals surface area (Å²) in [6, 6.07) is 8.64. The Labute approximate surface area is 224 Å². The van der Waals surface area contributed by atoms with Gasteiger partial charge in [-0.05, 0) is 37.1 Å². The Kier molecular flexibility index (Phi) is 10.9. The number of pyridine rings is 1. The number of hydrogen-bond donors (Lipinski definition) is 5. The normalized spacial score (nSPS) is 10.7. The largest absolute Gasteiger partial charge is 0.491 e. The predicted octanol–water partition coefficient (Wildman–Crippen LogP) is 3.26. The van der Waals surface area contributed by atoms with E-state index in [9.17, 15) is 22.8 Å². The Balaban J connectivity index is 0.000000673. The van der Waals surface area contributed by atoms with Gasteiger partial charge in [-0.25, -0.2) is 9.78 Å². The molecule has 208 valence electrons. The first-order chi connectivity index (χ1) is 18.3. The van der Waals surface area contributed by atoms with E-state index in [1.807, 2.05) is 12.1 Å². The molecule has 0 radical (unpaired) electrons. The van der Waals surface area contributed by atoms with Crippen LogP contribution in [0.2, 0.25) is 0 Å². The van der Waals surface area contributed by atoms with Crippen LogP contribution in [0, 0.1) is 12.3 Å². The van der Waals surface area contributed by atoms with Crippen LogP contribution in [0.1, 0.15) is 32.9 Å². The number of nitrogen functional groups attached to an aromatic ring is 1. The summed E-state index contributed by atoms with van der Waals surface area (Å²) in [5.74, 6) is -3.58. The number of nitrogens with zero attached hydrogens (tertiary/aromatic N) is 2. The van der Waals surface area contributed by atoms with Gasteiger partial charge in [-0.15, -0.1) is 11.3 Å². The third-order valence-corrected chi connectivity index (χ3v) is 6.01. The molecule has 0 fully saturated rings. The molecule has 0 bridgehead atoms. The van der Waals surface area contributed by atoms with E-state index in [4.69, 9.17) is 30.9 Å². The number of halogens is 3. The van der Waals surface area contributed by atoms with Gasteiger partial charge in [-0.3, -0.25) is 20.0 Å². The van der Waals surface area contributed by atoms with E-state index >= 15 is 0 Å². The number of carbonyl (C=O) groups excluding carboxylic acids is 1. The summed E-state index contributed by atoms with van der Waals surface area (Å²) in [6.07, 6.45) is -1.49. The second-order valence-electron chi connectivity index (χ2n) is 7.71. The van der Waals surface area contributed by atoms with Crippen molar-refractivity contribution in [2.24, 2.45) is 5.73 Å². The zero-order valence-corrected chi connectivity index (χ0v) is 21.2. The number of thiazole rings is 1. The summed E-state index contributed by atoms with van der Waals surface area (Å²) in [5.41, 5.74) is 8.26. The highest BCUT2D eigenvalue weighted by Crippen LogP contribution is 2.27. The number of amidine groups is 1. The van der Waals surface area contributed by atoms with Gasteiger partial charge in [0.1, 0.15) is 28.1 Å². The second-order valence-corrected chi connectivity index (χ2v) is 8.71. The molecule has 2 aromatic heterocycles. The molecular formula is C24H24F3N5O6S. The first-order valence-electron chi connectivity index (χ1n) is 11.1. The van der Waals surface area contributed by atoms with Crippen LogP contribution in [-0.2, 0) is 16.0 Å². The summed E-state index contributed by atoms with van der Waals surface area (Å²) in [5, 5.41) is 27.2. The minimum Gasteiger partial charge on any atom is -0.491 e. The second kappa shape index (κ2) is 13.9. The lowest BCUT2D eigenvalue weighted by molar-refractivity contribution is -0.192. The van der Waals surface area contributed by atoms with Gasteiger partial charge in [0.05, 0.1) is 12.2 Å². The maximum atomic E-state index is 12.6. The number of ether oxygens (including phenoxy) is 1. The Morgan fingerprint density at radius 2 is 1.79 bits per heavy atom. The summed E-state index contributed by atoms with van der Waals surface area (Å²) in [7, 11) is 0. The van der Waals surface area contributed by atoms with Gasteiger partial charge in [0, 0.05) is 29.9 Å². The molecule has 1 amide bonds. The van der Waals surface area contributed by atoms with Gasteiger partial charge in [-0.2, -0.15) is 13.2 Å². The number of nitrogens with one attached hydrogen (secondary N) is 2. The van der Waals surface area contributed by atoms with E-state index in [1.54, 1.807) is 37.5 Å². The van der Waals surface area contributed by atoms with E-state index in [0.29, 0.717) is 27.4 Å². The average molecular weight is 568 g/mol. The molecule has 0 aliphatic carbocycles. The third kappa shape index (κ3) is 9.70. The highest BCUT2D eigenvalue weighted by Gasteiger charge is 2.38. The van der Waals surface area contributed by atoms with Crippen LogP contribution in [0.3, 0.4) is 0 Å². The van der Waals surface area contributed by atoms with E-state index in [0.717, 1.165) is 10.6 Å². The molecule has 39 heavy (non-hydrogen) atoms. The number of nitrogens with two attached hydrogens (primary N) is 1. The molecule has 0 aliphatic rings. The van der Waals surface area contributed by atoms with Crippen molar-refractivity contribution in [2.75, 3.05) is 13.2 Å². The topological polar surface area (TPSA) is 189 Å². The predicted molar refractivity (Wildman–Crippen MR) is 135 cm³/mol. The number of amides is 1. The Hall–Kier alpha value is -4.53. The monoisotopic (exact) mass is 567 g/mol. The van der Waals surface area contributed by atoms with Crippen molar-refractivity contribution in [3.63, 3.8) is 0 Å². The molecule has 0 spiro atoms. The van der Waals surface area contributed by atoms with Gasteiger partial charge in [0.2, 0.25) is 0 Å². The first-order valence-corrected chi connectivity index (χ1v) is 11.9. The fraction of sp³-hybridized carbons (Fsp3) is 0.250. The minimum absolute atomic E-state index is 0.0447. The zero-order chi connectivity index (χ0) is 29.2. The number of carboxylic acid groups (broad SMARTS) is 2. The van der Waals surface area contributed by atoms with Crippen LogP contribution in [0.15, 0.2) is 42.7 Å². The molecule has 15 heteroatoms. The van der Waals surface area contributed by atoms with Crippen LogP contribution in [0.25, 0.3) is 10.6 Å². The van der Waals surface area contributed by atoms with Crippen molar-refractivity contribution in [1.29, 1.82) is 5.41 Å². The van der Waals surface area contributed by atoms with E-state index < -0.39 is 18.1 Å². The lowest BCUT2D eigenvalue weighted by Crippen LogP contribution is -2.28. The molecule has 3 aromatic rings. The van der Waals surface area contributed by atoms with Crippen LogP contribution in [0.5, 0.6) is 5.75 Å². The lowest BCUT2D eigenvalue weighted by atomic mass is 10.1. The summed E-state index contributed by atoms with van der Waals surface area (Å²) < 4.78 is 37.5. The maximum absolute atomic E-state index is 12.6. The quantitative estimate of drug-likeness (QED) is 0.139. The van der Waals surface area contributed by atoms with Crippen molar-refractivity contribution in [1.82, 2.24) is 15.3 Å². The first kappa shape index (κ1) is 30.7. The van der Waals surface area contributed by atoms with Crippen molar-refractivity contribution in [2.45, 2.75) is 25.9 Å². The molecule has 0 atom stereocenters. The highest BCUT2D eigenvalue weighted by atomic mass is 32.1. The molecule has 3 rings (SSSR count). The summed E-state index contributed by atoms with van der Waals surface area (Å²) >= 11 is 1.31. The number of carbonyl (C=O) groups is 3. The number of hydrogen-bond acceptors (Lipinski definition) is 8. The van der Waals surface area contributed by atoms with Crippen molar-refractivity contribution < 1.29 is 42.5 Å². The number of rotatable bonds is 10. The van der Waals surface area contributed by atoms with Gasteiger partial charge < -0.3 is 26.0 Å². The van der Waals surface area contributed by atoms with Crippen LogP contribution < -0.4 is 15.8 Å². The molecule has 11 nitrogen and oxygen atoms in total. The van der Waals surface area contributed by atoms with E-state index in [-0.39, 0.29) is 37.7 Å². The molecule has 6 N–H and O–H groups in total. The third-order valence-electron chi connectivity index (χ3n) is 4.80. The smallest absolute Gasteiger partial charge is 0.490 e. The number of benzene rings is 1. The molecule has 0 unspecified atom stereocenters. The highest BCUT2D eigenvalue weighted by molar-refractivity contribution is 7.17. The van der Waals surface area contributed by atoms with Crippen LogP contribution in [0.4, 0.5) is 13.2 Å². The number of alkyl halides is 3. The van der Waals surface area contributed by atoms with Gasteiger partial charge in [-0.1, -0.05) is 12.1 Å². The zero-order valence-electron chi connectivity index (χ0n) is 20.4. The lowest BCUT2D eigenvalue weighted by Gasteiger charge is -2.13. The minimum atomic E-state index is -5.08.